The van der Waals surface area contributed by atoms with E-state index in [0.717, 1.165) is 12.1 Å². The highest BCUT2D eigenvalue weighted by Gasteiger charge is 2.30. The summed E-state index contributed by atoms with van der Waals surface area (Å²) in [5, 5.41) is 0. The number of nitrogens with zero attached hydrogens (tertiary/aromatic N) is 4. The summed E-state index contributed by atoms with van der Waals surface area (Å²) in [6, 6.07) is 5.16. The van der Waals surface area contributed by atoms with Gasteiger partial charge in [0.15, 0.2) is 0 Å². The molecular formula is C13H15F3N6. The molecule has 0 saturated carbocycles. The predicted octanol–water partition coefficient (Wildman–Crippen LogP) is 1.69. The summed E-state index contributed by atoms with van der Waals surface area (Å²) in [6.07, 6.45) is -4.36. The Bertz CT molecular complexity index is 638. The molecule has 0 aliphatic rings. The first-order valence-electron chi connectivity index (χ1n) is 6.34. The lowest BCUT2D eigenvalue weighted by atomic mass is 10.1. The van der Waals surface area contributed by atoms with Crippen LogP contribution >= 0.6 is 0 Å². The van der Waals surface area contributed by atoms with Gasteiger partial charge in [-0.25, -0.2) is 0 Å². The van der Waals surface area contributed by atoms with Crippen molar-refractivity contribution in [3.63, 3.8) is 0 Å². The molecule has 0 unspecified atom stereocenters. The molecule has 2 aromatic rings. The summed E-state index contributed by atoms with van der Waals surface area (Å²) < 4.78 is 38.0. The van der Waals surface area contributed by atoms with Crippen molar-refractivity contribution in [2.45, 2.75) is 19.3 Å². The molecule has 0 bridgehead atoms. The number of benzene rings is 1. The molecule has 22 heavy (non-hydrogen) atoms. The van der Waals surface area contributed by atoms with Crippen LogP contribution in [0.2, 0.25) is 0 Å². The van der Waals surface area contributed by atoms with Crippen molar-refractivity contribution in [1.82, 2.24) is 19.9 Å². The second-order valence-corrected chi connectivity index (χ2v) is 4.84. The Morgan fingerprint density at radius 1 is 1.05 bits per heavy atom. The lowest BCUT2D eigenvalue weighted by molar-refractivity contribution is -0.137. The summed E-state index contributed by atoms with van der Waals surface area (Å²) >= 11 is 0. The van der Waals surface area contributed by atoms with Crippen LogP contribution in [0.5, 0.6) is 0 Å². The predicted molar refractivity (Wildman–Crippen MR) is 75.3 cm³/mol. The molecule has 0 aliphatic heterocycles. The molecule has 0 aliphatic carbocycles. The second-order valence-electron chi connectivity index (χ2n) is 4.84. The van der Waals surface area contributed by atoms with E-state index in [-0.39, 0.29) is 18.4 Å². The molecular weight excluding hydrogens is 297 g/mol. The van der Waals surface area contributed by atoms with Crippen molar-refractivity contribution in [2.75, 3.05) is 18.5 Å². The van der Waals surface area contributed by atoms with E-state index in [4.69, 9.17) is 11.5 Å². The average molecular weight is 312 g/mol. The van der Waals surface area contributed by atoms with E-state index in [1.165, 1.54) is 6.07 Å². The largest absolute Gasteiger partial charge is 0.416 e. The zero-order chi connectivity index (χ0) is 16.3. The van der Waals surface area contributed by atoms with Crippen molar-refractivity contribution >= 4 is 11.9 Å². The highest BCUT2D eigenvalue weighted by atomic mass is 19.4. The number of nitrogen functional groups attached to an aromatic ring is 2. The standard InChI is InChI=1S/C13H15F3N6/c1-22(7-10-19-11(17)21-12(18)20-10)6-8-3-2-4-9(5-8)13(14,15)16/h2-5H,6-7H2,1H3,(H4,17,18,19,20,21). The van der Waals surface area contributed by atoms with E-state index in [0.29, 0.717) is 17.9 Å². The highest BCUT2D eigenvalue weighted by molar-refractivity contribution is 5.27. The zero-order valence-electron chi connectivity index (χ0n) is 11.8. The molecule has 0 fully saturated rings. The Balaban J connectivity index is 2.07. The zero-order valence-corrected chi connectivity index (χ0v) is 11.8. The van der Waals surface area contributed by atoms with Crippen LogP contribution in [0.3, 0.4) is 0 Å². The normalized spacial score (nSPS) is 11.9. The molecule has 0 amide bonds. The first-order valence-corrected chi connectivity index (χ1v) is 6.34. The number of halogens is 3. The lowest BCUT2D eigenvalue weighted by Gasteiger charge is -2.17. The fraction of sp³-hybridized carbons (Fsp3) is 0.308. The first-order chi connectivity index (χ1) is 10.2. The van der Waals surface area contributed by atoms with Gasteiger partial charge in [-0.15, -0.1) is 0 Å². The summed E-state index contributed by atoms with van der Waals surface area (Å²) in [7, 11) is 1.73. The minimum atomic E-state index is -4.36. The molecule has 0 atom stereocenters. The summed E-state index contributed by atoms with van der Waals surface area (Å²) in [6.45, 7) is 0.586. The number of hydrogen-bond acceptors (Lipinski definition) is 6. The van der Waals surface area contributed by atoms with Crippen molar-refractivity contribution in [3.05, 3.63) is 41.2 Å². The van der Waals surface area contributed by atoms with Crippen molar-refractivity contribution < 1.29 is 13.2 Å². The Morgan fingerprint density at radius 2 is 1.68 bits per heavy atom. The van der Waals surface area contributed by atoms with Crippen LogP contribution in [0.4, 0.5) is 25.1 Å². The molecule has 1 heterocycles. The van der Waals surface area contributed by atoms with E-state index in [2.05, 4.69) is 15.0 Å². The SMILES string of the molecule is CN(Cc1cccc(C(F)(F)F)c1)Cc1nc(N)nc(N)n1. The van der Waals surface area contributed by atoms with E-state index >= 15 is 0 Å². The quantitative estimate of drug-likeness (QED) is 0.892. The van der Waals surface area contributed by atoms with Crippen LogP contribution < -0.4 is 11.5 Å². The first kappa shape index (κ1) is 16.0. The van der Waals surface area contributed by atoms with E-state index < -0.39 is 11.7 Å². The van der Waals surface area contributed by atoms with E-state index in [1.54, 1.807) is 18.0 Å². The van der Waals surface area contributed by atoms with Gasteiger partial charge in [0.05, 0.1) is 12.1 Å². The van der Waals surface area contributed by atoms with Gasteiger partial charge >= 0.3 is 6.18 Å². The minimum Gasteiger partial charge on any atom is -0.368 e. The Labute approximate surface area is 125 Å². The van der Waals surface area contributed by atoms with Crippen LogP contribution in [0.25, 0.3) is 0 Å². The van der Waals surface area contributed by atoms with Crippen molar-refractivity contribution in [1.29, 1.82) is 0 Å². The van der Waals surface area contributed by atoms with Gasteiger partial charge in [-0.1, -0.05) is 18.2 Å². The molecule has 0 spiro atoms. The molecule has 118 valence electrons. The monoisotopic (exact) mass is 312 g/mol. The Morgan fingerprint density at radius 3 is 2.27 bits per heavy atom. The third-order valence-electron chi connectivity index (χ3n) is 2.83. The third kappa shape index (κ3) is 4.29. The molecule has 0 radical (unpaired) electrons. The van der Waals surface area contributed by atoms with Gasteiger partial charge in [-0.3, -0.25) is 4.90 Å². The fourth-order valence-corrected chi connectivity index (χ4v) is 1.98. The van der Waals surface area contributed by atoms with Crippen LogP contribution in [0, 0.1) is 0 Å². The fourth-order valence-electron chi connectivity index (χ4n) is 1.98. The molecule has 1 aromatic carbocycles. The number of alkyl halides is 3. The van der Waals surface area contributed by atoms with Gasteiger partial charge in [0.2, 0.25) is 11.9 Å². The summed E-state index contributed by atoms with van der Waals surface area (Å²) in [5.41, 5.74) is 10.8. The lowest BCUT2D eigenvalue weighted by Crippen LogP contribution is -2.20. The average Bonchev–Trinajstić information content (AvgIpc) is 2.36. The summed E-state index contributed by atoms with van der Waals surface area (Å²) in [5.74, 6) is 0.379. The number of nitrogens with two attached hydrogens (primary N) is 2. The van der Waals surface area contributed by atoms with Gasteiger partial charge in [0.25, 0.3) is 0 Å². The van der Waals surface area contributed by atoms with Crippen LogP contribution in [0.1, 0.15) is 17.0 Å². The second kappa shape index (κ2) is 6.14. The number of rotatable bonds is 4. The van der Waals surface area contributed by atoms with Gasteiger partial charge in [0, 0.05) is 6.54 Å². The smallest absolute Gasteiger partial charge is 0.368 e. The van der Waals surface area contributed by atoms with Gasteiger partial charge in [0.1, 0.15) is 5.82 Å². The Hall–Kier alpha value is -2.42. The maximum atomic E-state index is 12.7. The van der Waals surface area contributed by atoms with Gasteiger partial charge < -0.3 is 11.5 Å². The van der Waals surface area contributed by atoms with E-state index in [1.807, 2.05) is 0 Å². The van der Waals surface area contributed by atoms with Gasteiger partial charge in [-0.05, 0) is 18.7 Å². The van der Waals surface area contributed by atoms with Crippen LogP contribution in [-0.4, -0.2) is 26.9 Å². The molecule has 2 rings (SSSR count). The molecule has 1 aromatic heterocycles. The molecule has 6 nitrogen and oxygen atoms in total. The highest BCUT2D eigenvalue weighted by Crippen LogP contribution is 2.29. The number of anilines is 2. The van der Waals surface area contributed by atoms with Crippen LogP contribution in [-0.2, 0) is 19.3 Å². The molecule has 4 N–H and O–H groups in total. The minimum absolute atomic E-state index is 0.00923. The maximum absolute atomic E-state index is 12.7. The molecule has 9 heteroatoms. The van der Waals surface area contributed by atoms with Gasteiger partial charge in [-0.2, -0.15) is 28.1 Å². The molecule has 0 saturated heterocycles. The van der Waals surface area contributed by atoms with Crippen molar-refractivity contribution in [3.8, 4) is 0 Å². The van der Waals surface area contributed by atoms with Crippen LogP contribution in [0.15, 0.2) is 24.3 Å². The number of hydrogen-bond donors (Lipinski definition) is 2. The summed E-state index contributed by atoms with van der Waals surface area (Å²) in [4.78, 5) is 13.3. The maximum Gasteiger partial charge on any atom is 0.416 e. The topological polar surface area (TPSA) is 94.0 Å². The van der Waals surface area contributed by atoms with E-state index in [9.17, 15) is 13.2 Å². The third-order valence-corrected chi connectivity index (χ3v) is 2.83. The van der Waals surface area contributed by atoms with Crippen molar-refractivity contribution in [2.24, 2.45) is 0 Å². The Kier molecular flexibility index (Phi) is 4.45. The number of aromatic nitrogens is 3.